The van der Waals surface area contributed by atoms with Gasteiger partial charge >= 0.3 is 6.09 Å². The predicted octanol–water partition coefficient (Wildman–Crippen LogP) is 8.48. The lowest BCUT2D eigenvalue weighted by molar-refractivity contribution is -0.0581. The van der Waals surface area contributed by atoms with E-state index in [-0.39, 0.29) is 17.6 Å². The lowest BCUT2D eigenvalue weighted by Crippen LogP contribution is -2.51. The van der Waals surface area contributed by atoms with Crippen molar-refractivity contribution < 1.29 is 23.7 Å². The summed E-state index contributed by atoms with van der Waals surface area (Å²) in [5.74, 6) is 5.02. The molecule has 8 atom stereocenters. The van der Waals surface area contributed by atoms with Crippen LogP contribution in [0, 0.1) is 46.3 Å². The molecule has 0 aromatic carbocycles. The van der Waals surface area contributed by atoms with Gasteiger partial charge in [-0.3, -0.25) is 0 Å². The van der Waals surface area contributed by atoms with Gasteiger partial charge < -0.3 is 24.3 Å². The number of amides is 1. The standard InChI is InChI=1S/C36H62N4O5/c1-26(2)7-6-8-27(3)31-11-12-32-30-10-9-28-25-29(13-15-35(28,4)33(30)14-16-36(31,32)5)45-34(41)38-17-19-42-21-23-44-24-22-43-20-18-39-40-37/h9,26-27,29-33H,6-8,10-25H2,1-5H3,(H,38,41)/t27-,29+,30+,31-,32+,33+,35+,36-/m1/s1. The highest BCUT2D eigenvalue weighted by Gasteiger charge is 2.59. The molecule has 256 valence electrons. The fourth-order valence-corrected chi connectivity index (χ4v) is 9.86. The molecule has 0 radical (unpaired) electrons. The monoisotopic (exact) mass is 630 g/mol. The van der Waals surface area contributed by atoms with Gasteiger partial charge in [-0.2, -0.15) is 0 Å². The van der Waals surface area contributed by atoms with Crippen LogP contribution in [0.2, 0.25) is 0 Å². The van der Waals surface area contributed by atoms with Gasteiger partial charge in [-0.15, -0.1) is 0 Å². The van der Waals surface area contributed by atoms with Crippen LogP contribution in [0.1, 0.15) is 105 Å². The third kappa shape index (κ3) is 9.39. The summed E-state index contributed by atoms with van der Waals surface area (Å²) in [5, 5.41) is 6.26. The summed E-state index contributed by atoms with van der Waals surface area (Å²) in [6.07, 6.45) is 16.1. The number of hydrogen-bond acceptors (Lipinski definition) is 6. The topological polar surface area (TPSA) is 115 Å². The molecule has 0 aromatic heterocycles. The van der Waals surface area contributed by atoms with E-state index in [0.717, 1.165) is 54.8 Å². The Kier molecular flexibility index (Phi) is 13.9. The van der Waals surface area contributed by atoms with Crippen LogP contribution < -0.4 is 5.32 Å². The summed E-state index contributed by atoms with van der Waals surface area (Å²) in [7, 11) is 0. The maximum Gasteiger partial charge on any atom is 0.407 e. The third-order valence-corrected chi connectivity index (χ3v) is 12.2. The van der Waals surface area contributed by atoms with Crippen LogP contribution in [-0.2, 0) is 18.9 Å². The molecule has 4 aliphatic carbocycles. The Balaban J connectivity index is 1.15. The van der Waals surface area contributed by atoms with Gasteiger partial charge in [0.25, 0.3) is 0 Å². The van der Waals surface area contributed by atoms with Crippen LogP contribution in [0.25, 0.3) is 10.4 Å². The van der Waals surface area contributed by atoms with Crippen molar-refractivity contribution in [3.05, 3.63) is 22.1 Å². The number of carbonyl (C=O) groups is 1. The van der Waals surface area contributed by atoms with Crippen LogP contribution in [0.4, 0.5) is 4.79 Å². The van der Waals surface area contributed by atoms with Crippen LogP contribution in [0.5, 0.6) is 0 Å². The third-order valence-electron chi connectivity index (χ3n) is 12.2. The lowest BCUT2D eigenvalue weighted by atomic mass is 9.47. The molecule has 0 bridgehead atoms. The quantitative estimate of drug-likeness (QED) is 0.0536. The summed E-state index contributed by atoms with van der Waals surface area (Å²) in [5.41, 5.74) is 10.5. The molecule has 3 fully saturated rings. The van der Waals surface area contributed by atoms with Crippen molar-refractivity contribution in [2.24, 2.45) is 51.5 Å². The predicted molar refractivity (Wildman–Crippen MR) is 178 cm³/mol. The molecular formula is C36H62N4O5. The highest BCUT2D eigenvalue weighted by atomic mass is 16.6. The van der Waals surface area contributed by atoms with Gasteiger partial charge in [0.1, 0.15) is 6.10 Å². The Morgan fingerprint density at radius 2 is 1.71 bits per heavy atom. The first-order valence-electron chi connectivity index (χ1n) is 18.1. The summed E-state index contributed by atoms with van der Waals surface area (Å²) >= 11 is 0. The summed E-state index contributed by atoms with van der Waals surface area (Å²) in [6, 6.07) is 0. The first-order chi connectivity index (χ1) is 21.7. The molecule has 0 aliphatic heterocycles. The largest absolute Gasteiger partial charge is 0.446 e. The van der Waals surface area contributed by atoms with E-state index in [1.54, 1.807) is 5.57 Å². The Morgan fingerprint density at radius 3 is 2.44 bits per heavy atom. The minimum Gasteiger partial charge on any atom is -0.446 e. The van der Waals surface area contributed by atoms with E-state index in [2.05, 4.69) is 56.0 Å². The molecule has 3 saturated carbocycles. The number of nitrogens with zero attached hydrogens (tertiary/aromatic N) is 3. The minimum absolute atomic E-state index is 0.0412. The zero-order valence-electron chi connectivity index (χ0n) is 28.9. The number of azide groups is 1. The van der Waals surface area contributed by atoms with E-state index in [4.69, 9.17) is 24.5 Å². The summed E-state index contributed by atoms with van der Waals surface area (Å²) in [4.78, 5) is 15.2. The van der Waals surface area contributed by atoms with Crippen molar-refractivity contribution in [3.8, 4) is 0 Å². The Labute approximate surface area is 272 Å². The molecule has 1 amide bonds. The van der Waals surface area contributed by atoms with Gasteiger partial charge in [0.05, 0.1) is 39.6 Å². The lowest BCUT2D eigenvalue weighted by Gasteiger charge is -2.58. The van der Waals surface area contributed by atoms with Gasteiger partial charge in [0.15, 0.2) is 0 Å². The molecule has 45 heavy (non-hydrogen) atoms. The van der Waals surface area contributed by atoms with Crippen molar-refractivity contribution in [2.75, 3.05) is 52.7 Å². The molecule has 4 rings (SSSR count). The molecule has 4 aliphatic rings. The second-order valence-corrected chi connectivity index (χ2v) is 15.3. The molecule has 9 nitrogen and oxygen atoms in total. The number of fused-ring (bicyclic) bond motifs is 5. The van der Waals surface area contributed by atoms with Crippen LogP contribution >= 0.6 is 0 Å². The average Bonchev–Trinajstić information content (AvgIpc) is 3.37. The number of allylic oxidation sites excluding steroid dienone is 1. The molecule has 0 saturated heterocycles. The Bertz CT molecular complexity index is 1020. The minimum atomic E-state index is -0.344. The maximum absolute atomic E-state index is 12.6. The molecule has 1 N–H and O–H groups in total. The van der Waals surface area contributed by atoms with Gasteiger partial charge in [-0.25, -0.2) is 4.79 Å². The van der Waals surface area contributed by atoms with Crippen LogP contribution in [-0.4, -0.2) is 64.9 Å². The highest BCUT2D eigenvalue weighted by molar-refractivity contribution is 5.67. The van der Waals surface area contributed by atoms with Crippen molar-refractivity contribution >= 4 is 6.09 Å². The molecule has 0 aromatic rings. The van der Waals surface area contributed by atoms with Gasteiger partial charge in [0, 0.05) is 24.4 Å². The Morgan fingerprint density at radius 1 is 0.978 bits per heavy atom. The zero-order valence-corrected chi connectivity index (χ0v) is 28.9. The van der Waals surface area contributed by atoms with Gasteiger partial charge in [0.2, 0.25) is 0 Å². The number of alkyl carbamates (subject to hydrolysis) is 1. The second-order valence-electron chi connectivity index (χ2n) is 15.3. The van der Waals surface area contributed by atoms with E-state index in [0.29, 0.717) is 58.1 Å². The molecule has 0 unspecified atom stereocenters. The molecular weight excluding hydrogens is 568 g/mol. The van der Waals surface area contributed by atoms with E-state index >= 15 is 0 Å². The first kappa shape index (κ1) is 36.0. The number of hydrogen-bond donors (Lipinski definition) is 1. The van der Waals surface area contributed by atoms with E-state index in [1.165, 1.54) is 51.4 Å². The fraction of sp³-hybridized carbons (Fsp3) is 0.917. The average molecular weight is 631 g/mol. The normalized spacial score (nSPS) is 32.9. The van der Waals surface area contributed by atoms with Crippen molar-refractivity contribution in [1.82, 2.24) is 5.32 Å². The molecule has 9 heteroatoms. The van der Waals surface area contributed by atoms with E-state index < -0.39 is 0 Å². The zero-order chi connectivity index (χ0) is 32.3. The summed E-state index contributed by atoms with van der Waals surface area (Å²) in [6.45, 7) is 15.8. The Hall–Kier alpha value is -1.80. The fourth-order valence-electron chi connectivity index (χ4n) is 9.86. The number of carbonyl (C=O) groups excluding carboxylic acids is 1. The van der Waals surface area contributed by atoms with Gasteiger partial charge in [-0.05, 0) is 96.8 Å². The van der Waals surface area contributed by atoms with Crippen LogP contribution in [0.3, 0.4) is 0 Å². The molecule has 0 spiro atoms. The van der Waals surface area contributed by atoms with Crippen molar-refractivity contribution in [3.63, 3.8) is 0 Å². The first-order valence-corrected chi connectivity index (χ1v) is 18.1. The molecule has 0 heterocycles. The van der Waals surface area contributed by atoms with E-state index in [9.17, 15) is 4.79 Å². The van der Waals surface area contributed by atoms with E-state index in [1.807, 2.05) is 0 Å². The van der Waals surface area contributed by atoms with Crippen molar-refractivity contribution in [1.29, 1.82) is 0 Å². The van der Waals surface area contributed by atoms with Crippen LogP contribution in [0.15, 0.2) is 16.8 Å². The number of rotatable bonds is 18. The summed E-state index contributed by atoms with van der Waals surface area (Å²) < 4.78 is 22.2. The highest BCUT2D eigenvalue weighted by Crippen LogP contribution is 2.67. The SMILES string of the molecule is CC(C)CCC[C@@H](C)[C@H]1CC[C@H]2[C@@H]3CC=C4C[C@@H](OC(=O)NCCOCCOCCOCCN=[N+]=[N-])CC[C@]4(C)[C@H]3CC[C@]12C. The van der Waals surface area contributed by atoms with Crippen molar-refractivity contribution in [2.45, 2.75) is 111 Å². The maximum atomic E-state index is 12.6. The number of ether oxygens (including phenoxy) is 4. The van der Waals surface area contributed by atoms with Gasteiger partial charge in [-0.1, -0.05) is 70.6 Å². The smallest absolute Gasteiger partial charge is 0.407 e. The second kappa shape index (κ2) is 17.4. The number of nitrogens with one attached hydrogen (secondary N) is 1.